The van der Waals surface area contributed by atoms with Crippen LogP contribution < -0.4 is 0 Å². The van der Waals surface area contributed by atoms with Gasteiger partial charge in [-0.25, -0.2) is 0 Å². The lowest BCUT2D eigenvalue weighted by Gasteiger charge is -1.94. The number of rotatable bonds is 3. The van der Waals surface area contributed by atoms with E-state index in [1.807, 2.05) is 30.3 Å². The summed E-state index contributed by atoms with van der Waals surface area (Å²) in [6, 6.07) is 9.23. The summed E-state index contributed by atoms with van der Waals surface area (Å²) in [6.07, 6.45) is 2.71. The highest BCUT2D eigenvalue weighted by Gasteiger charge is 1.97. The Labute approximate surface area is 65.5 Å². The van der Waals surface area contributed by atoms with Crippen LogP contribution in [0.4, 0.5) is 0 Å². The number of aliphatic carboxylic acids is 1. The number of carboxylic acids is 1. The minimum Gasteiger partial charge on any atom is -0.481 e. The second-order valence-electron chi connectivity index (χ2n) is 2.11. The maximum atomic E-state index is 10.1. The van der Waals surface area contributed by atoms with Gasteiger partial charge in [0.05, 0.1) is 6.42 Å². The Morgan fingerprint density at radius 2 is 2.00 bits per heavy atom. The lowest BCUT2D eigenvalue weighted by Crippen LogP contribution is -1.94. The van der Waals surface area contributed by atoms with Crippen LogP contribution >= 0.6 is 0 Å². The standard InChI is InChI=1S/C9H8O2/c10-9(11)7-6-8-4-2-1-3-5-8/h1-5H,7H2,(H,10,11). The highest BCUT2D eigenvalue weighted by Crippen LogP contribution is 2.03. The molecule has 0 aliphatic rings. The molecule has 2 nitrogen and oxygen atoms in total. The Kier molecular flexibility index (Phi) is 2.66. The van der Waals surface area contributed by atoms with E-state index in [0.29, 0.717) is 0 Å². The fourth-order valence-corrected chi connectivity index (χ4v) is 0.734. The van der Waals surface area contributed by atoms with Crippen LogP contribution in [0.15, 0.2) is 30.3 Å². The predicted octanol–water partition coefficient (Wildman–Crippen LogP) is 1.59. The lowest BCUT2D eigenvalue weighted by atomic mass is 10.1. The molecule has 0 atom stereocenters. The summed E-state index contributed by atoms with van der Waals surface area (Å²) in [5.41, 5.74) is 0.829. The molecule has 0 aromatic heterocycles. The van der Waals surface area contributed by atoms with E-state index in [9.17, 15) is 4.79 Å². The largest absolute Gasteiger partial charge is 0.481 e. The quantitative estimate of drug-likeness (QED) is 0.706. The fourth-order valence-electron chi connectivity index (χ4n) is 0.734. The van der Waals surface area contributed by atoms with Crippen molar-refractivity contribution in [3.8, 4) is 0 Å². The third-order valence-corrected chi connectivity index (χ3v) is 1.22. The van der Waals surface area contributed by atoms with Gasteiger partial charge in [0.2, 0.25) is 0 Å². The molecule has 0 saturated heterocycles. The number of benzene rings is 1. The summed E-state index contributed by atoms with van der Waals surface area (Å²) in [5, 5.41) is 8.31. The molecule has 0 aliphatic heterocycles. The van der Waals surface area contributed by atoms with E-state index in [-0.39, 0.29) is 6.42 Å². The van der Waals surface area contributed by atoms with Crippen LogP contribution in [0.2, 0.25) is 0 Å². The summed E-state index contributed by atoms with van der Waals surface area (Å²) in [7, 11) is 0. The van der Waals surface area contributed by atoms with Crippen molar-refractivity contribution >= 4 is 5.97 Å². The van der Waals surface area contributed by atoms with Crippen LogP contribution in [0, 0.1) is 6.42 Å². The smallest absolute Gasteiger partial charge is 0.304 e. The lowest BCUT2D eigenvalue weighted by molar-refractivity contribution is -0.136. The van der Waals surface area contributed by atoms with Gasteiger partial charge in [0.15, 0.2) is 0 Å². The maximum absolute atomic E-state index is 10.1. The molecule has 0 unspecified atom stereocenters. The summed E-state index contributed by atoms with van der Waals surface area (Å²) in [6.45, 7) is 0. The fraction of sp³-hybridized carbons (Fsp3) is 0.111. The third-order valence-electron chi connectivity index (χ3n) is 1.22. The molecule has 1 rings (SSSR count). The van der Waals surface area contributed by atoms with E-state index < -0.39 is 5.97 Å². The van der Waals surface area contributed by atoms with Crippen LogP contribution in [0.3, 0.4) is 0 Å². The molecule has 0 spiro atoms. The molecule has 0 fully saturated rings. The normalized spacial score (nSPS) is 9.45. The van der Waals surface area contributed by atoms with Crippen LogP contribution in [-0.2, 0) is 4.79 Å². The third kappa shape index (κ3) is 2.85. The number of carboxylic acid groups (broad SMARTS) is 1. The summed E-state index contributed by atoms with van der Waals surface area (Å²) < 4.78 is 0. The van der Waals surface area contributed by atoms with Crippen LogP contribution in [-0.4, -0.2) is 11.1 Å². The van der Waals surface area contributed by atoms with Crippen molar-refractivity contribution in [2.24, 2.45) is 0 Å². The maximum Gasteiger partial charge on any atom is 0.304 e. The van der Waals surface area contributed by atoms with Gasteiger partial charge in [0, 0.05) is 6.42 Å². The minimum atomic E-state index is -0.853. The Balaban J connectivity index is 2.45. The molecule has 0 aliphatic carbocycles. The molecule has 1 aromatic rings. The van der Waals surface area contributed by atoms with Crippen LogP contribution in [0.5, 0.6) is 0 Å². The molecule has 2 heteroatoms. The molecule has 0 heterocycles. The molecule has 2 radical (unpaired) electrons. The second kappa shape index (κ2) is 3.76. The molecule has 0 saturated carbocycles. The molecule has 11 heavy (non-hydrogen) atoms. The highest BCUT2D eigenvalue weighted by atomic mass is 16.4. The van der Waals surface area contributed by atoms with E-state index in [0.717, 1.165) is 5.56 Å². The SMILES string of the molecule is O=C(O)C[C]c1ccccc1. The Morgan fingerprint density at radius 3 is 2.55 bits per heavy atom. The summed E-state index contributed by atoms with van der Waals surface area (Å²) >= 11 is 0. The molecule has 1 N–H and O–H groups in total. The zero-order chi connectivity index (χ0) is 8.10. The van der Waals surface area contributed by atoms with Gasteiger partial charge in [-0.15, -0.1) is 0 Å². The molecule has 1 aromatic carbocycles. The Morgan fingerprint density at radius 1 is 1.36 bits per heavy atom. The van der Waals surface area contributed by atoms with E-state index in [4.69, 9.17) is 5.11 Å². The van der Waals surface area contributed by atoms with Crippen molar-refractivity contribution < 1.29 is 9.90 Å². The van der Waals surface area contributed by atoms with Gasteiger partial charge in [-0.3, -0.25) is 4.79 Å². The zero-order valence-electron chi connectivity index (χ0n) is 5.95. The topological polar surface area (TPSA) is 37.3 Å². The van der Waals surface area contributed by atoms with Gasteiger partial charge in [-0.1, -0.05) is 30.3 Å². The van der Waals surface area contributed by atoms with Gasteiger partial charge in [0.25, 0.3) is 0 Å². The molecular formula is C9H8O2. The molecular weight excluding hydrogens is 140 g/mol. The monoisotopic (exact) mass is 148 g/mol. The van der Waals surface area contributed by atoms with Crippen LogP contribution in [0.25, 0.3) is 0 Å². The first-order chi connectivity index (χ1) is 5.29. The van der Waals surface area contributed by atoms with E-state index in [1.54, 1.807) is 0 Å². The van der Waals surface area contributed by atoms with Gasteiger partial charge in [0.1, 0.15) is 0 Å². The van der Waals surface area contributed by atoms with Crippen molar-refractivity contribution in [1.82, 2.24) is 0 Å². The Hall–Kier alpha value is -1.31. The summed E-state index contributed by atoms with van der Waals surface area (Å²) in [4.78, 5) is 10.1. The van der Waals surface area contributed by atoms with Crippen molar-refractivity contribution in [1.29, 1.82) is 0 Å². The van der Waals surface area contributed by atoms with Gasteiger partial charge >= 0.3 is 5.97 Å². The average Bonchev–Trinajstić information content (AvgIpc) is 2.03. The van der Waals surface area contributed by atoms with E-state index in [2.05, 4.69) is 6.42 Å². The number of hydrogen-bond acceptors (Lipinski definition) is 1. The highest BCUT2D eigenvalue weighted by molar-refractivity contribution is 5.68. The molecule has 0 amide bonds. The number of carbonyl (C=O) groups is 1. The zero-order valence-corrected chi connectivity index (χ0v) is 5.95. The second-order valence-corrected chi connectivity index (χ2v) is 2.11. The van der Waals surface area contributed by atoms with E-state index >= 15 is 0 Å². The van der Waals surface area contributed by atoms with Gasteiger partial charge < -0.3 is 5.11 Å². The molecule has 56 valence electrons. The number of hydrogen-bond donors (Lipinski definition) is 1. The van der Waals surface area contributed by atoms with Crippen LogP contribution in [0.1, 0.15) is 12.0 Å². The van der Waals surface area contributed by atoms with Gasteiger partial charge in [-0.2, -0.15) is 0 Å². The van der Waals surface area contributed by atoms with Crippen molar-refractivity contribution in [2.75, 3.05) is 0 Å². The van der Waals surface area contributed by atoms with Gasteiger partial charge in [-0.05, 0) is 5.56 Å². The first-order valence-corrected chi connectivity index (χ1v) is 3.30. The Bertz CT molecular complexity index is 229. The first kappa shape index (κ1) is 7.79. The van der Waals surface area contributed by atoms with Crippen molar-refractivity contribution in [2.45, 2.75) is 6.42 Å². The predicted molar refractivity (Wildman–Crippen MR) is 41.0 cm³/mol. The summed E-state index contributed by atoms with van der Waals surface area (Å²) in [5.74, 6) is -0.853. The average molecular weight is 148 g/mol. The van der Waals surface area contributed by atoms with Crippen molar-refractivity contribution in [3.05, 3.63) is 42.3 Å². The van der Waals surface area contributed by atoms with E-state index in [1.165, 1.54) is 0 Å². The first-order valence-electron chi connectivity index (χ1n) is 3.30. The minimum absolute atomic E-state index is 0.0377. The van der Waals surface area contributed by atoms with Crippen molar-refractivity contribution in [3.63, 3.8) is 0 Å². The molecule has 0 bridgehead atoms.